The molecule has 1 aromatic carbocycles. The fourth-order valence-corrected chi connectivity index (χ4v) is 2.51. The molecule has 2 aromatic rings. The van der Waals surface area contributed by atoms with Gasteiger partial charge >= 0.3 is 0 Å². The molecule has 1 unspecified atom stereocenters. The van der Waals surface area contributed by atoms with Crippen molar-refractivity contribution >= 4 is 22.3 Å². The summed E-state index contributed by atoms with van der Waals surface area (Å²) in [5.41, 5.74) is 8.50. The third-order valence-electron chi connectivity index (χ3n) is 3.58. The highest BCUT2D eigenvalue weighted by molar-refractivity contribution is 5.92. The van der Waals surface area contributed by atoms with Gasteiger partial charge in [0.1, 0.15) is 0 Å². The summed E-state index contributed by atoms with van der Waals surface area (Å²) in [6.45, 7) is 3.30. The van der Waals surface area contributed by atoms with Crippen molar-refractivity contribution in [3.8, 4) is 0 Å². The van der Waals surface area contributed by atoms with Crippen molar-refractivity contribution in [2.75, 3.05) is 24.2 Å². The number of nitrogens with zero attached hydrogens (tertiary/aromatic N) is 1. The van der Waals surface area contributed by atoms with Crippen LogP contribution < -0.4 is 11.1 Å². The maximum Gasteiger partial charge on any atom is 0.0743 e. The number of nitrogens with one attached hydrogen (secondary N) is 1. The summed E-state index contributed by atoms with van der Waals surface area (Å²) in [6, 6.07) is 7.77. The maximum absolute atomic E-state index is 9.11. The van der Waals surface area contributed by atoms with Crippen LogP contribution in [0.25, 0.3) is 10.9 Å². The third kappa shape index (κ3) is 3.61. The van der Waals surface area contributed by atoms with Crippen molar-refractivity contribution < 1.29 is 5.11 Å². The molecule has 1 aromatic heterocycles. The predicted octanol–water partition coefficient (Wildman–Crippen LogP) is 3.03. The van der Waals surface area contributed by atoms with E-state index in [4.69, 9.17) is 10.8 Å². The van der Waals surface area contributed by atoms with Crippen molar-refractivity contribution in [1.82, 2.24) is 4.98 Å². The highest BCUT2D eigenvalue weighted by atomic mass is 16.3. The van der Waals surface area contributed by atoms with E-state index in [0.29, 0.717) is 5.92 Å². The minimum absolute atomic E-state index is 0.250. The first-order valence-corrected chi connectivity index (χ1v) is 7.23. The van der Waals surface area contributed by atoms with Crippen LogP contribution in [0, 0.1) is 5.92 Å². The fourth-order valence-electron chi connectivity index (χ4n) is 2.51. The Balaban J connectivity index is 2.12. The van der Waals surface area contributed by atoms with Gasteiger partial charge in [-0.1, -0.05) is 13.3 Å². The number of nitrogens with two attached hydrogens (primary N) is 1. The SMILES string of the molecule is CCCC(CCO)CNc1ccnc2cc(N)ccc12. The van der Waals surface area contributed by atoms with E-state index in [2.05, 4.69) is 17.2 Å². The molecule has 20 heavy (non-hydrogen) atoms. The zero-order valence-corrected chi connectivity index (χ0v) is 12.0. The van der Waals surface area contributed by atoms with Crippen LogP contribution >= 0.6 is 0 Å². The quantitative estimate of drug-likeness (QED) is 0.678. The number of benzene rings is 1. The average molecular weight is 273 g/mol. The number of anilines is 2. The number of rotatable bonds is 7. The van der Waals surface area contributed by atoms with Gasteiger partial charge in [-0.25, -0.2) is 0 Å². The summed E-state index contributed by atoms with van der Waals surface area (Å²) in [5, 5.41) is 13.7. The maximum atomic E-state index is 9.11. The van der Waals surface area contributed by atoms with E-state index in [1.807, 2.05) is 24.3 Å². The molecular formula is C16H23N3O. The standard InChI is InChI=1S/C16H23N3O/c1-2-3-12(7-9-20)11-19-15-6-8-18-16-10-13(17)4-5-14(15)16/h4-6,8,10,12,20H,2-3,7,9,11,17H2,1H3,(H,18,19). The number of hydrogen-bond acceptors (Lipinski definition) is 4. The molecule has 2 rings (SSSR count). The van der Waals surface area contributed by atoms with Gasteiger partial charge in [0.2, 0.25) is 0 Å². The van der Waals surface area contributed by atoms with E-state index in [0.717, 1.165) is 48.1 Å². The second kappa shape index (κ2) is 7.10. The Kier molecular flexibility index (Phi) is 5.18. The average Bonchev–Trinajstić information content (AvgIpc) is 2.44. The van der Waals surface area contributed by atoms with Crippen molar-refractivity contribution in [1.29, 1.82) is 0 Å². The highest BCUT2D eigenvalue weighted by Crippen LogP contribution is 2.24. The van der Waals surface area contributed by atoms with E-state index >= 15 is 0 Å². The van der Waals surface area contributed by atoms with E-state index in [-0.39, 0.29) is 6.61 Å². The number of aliphatic hydroxyl groups excluding tert-OH is 1. The van der Waals surface area contributed by atoms with Crippen LogP contribution in [0.5, 0.6) is 0 Å². The third-order valence-corrected chi connectivity index (χ3v) is 3.58. The monoisotopic (exact) mass is 273 g/mol. The molecule has 4 heteroatoms. The predicted molar refractivity (Wildman–Crippen MR) is 84.7 cm³/mol. The summed E-state index contributed by atoms with van der Waals surface area (Å²) in [5.74, 6) is 0.502. The molecule has 0 aliphatic carbocycles. The van der Waals surface area contributed by atoms with Crippen LogP contribution in [0.15, 0.2) is 30.5 Å². The minimum Gasteiger partial charge on any atom is -0.399 e. The summed E-state index contributed by atoms with van der Waals surface area (Å²) in [4.78, 5) is 4.34. The molecule has 1 heterocycles. The van der Waals surface area contributed by atoms with Gasteiger partial charge in [0.05, 0.1) is 5.52 Å². The molecule has 0 saturated carbocycles. The molecule has 0 radical (unpaired) electrons. The Morgan fingerprint density at radius 3 is 2.90 bits per heavy atom. The number of fused-ring (bicyclic) bond motifs is 1. The summed E-state index contributed by atoms with van der Waals surface area (Å²) < 4.78 is 0. The molecule has 0 saturated heterocycles. The van der Waals surface area contributed by atoms with Crippen LogP contribution in [0.1, 0.15) is 26.2 Å². The summed E-state index contributed by atoms with van der Waals surface area (Å²) in [6.07, 6.45) is 4.91. The van der Waals surface area contributed by atoms with Crippen molar-refractivity contribution in [3.63, 3.8) is 0 Å². The van der Waals surface area contributed by atoms with Gasteiger partial charge in [-0.15, -0.1) is 0 Å². The molecule has 0 bridgehead atoms. The Morgan fingerprint density at radius 2 is 2.15 bits per heavy atom. The van der Waals surface area contributed by atoms with Crippen molar-refractivity contribution in [2.24, 2.45) is 5.92 Å². The van der Waals surface area contributed by atoms with Gasteiger partial charge in [-0.3, -0.25) is 4.98 Å². The lowest BCUT2D eigenvalue weighted by Gasteiger charge is -2.17. The molecule has 4 N–H and O–H groups in total. The van der Waals surface area contributed by atoms with Gasteiger partial charge < -0.3 is 16.2 Å². The summed E-state index contributed by atoms with van der Waals surface area (Å²) in [7, 11) is 0. The fraction of sp³-hybridized carbons (Fsp3) is 0.438. The van der Waals surface area contributed by atoms with Gasteiger partial charge in [0.25, 0.3) is 0 Å². The lowest BCUT2D eigenvalue weighted by molar-refractivity contribution is 0.255. The highest BCUT2D eigenvalue weighted by Gasteiger charge is 2.08. The molecule has 0 aliphatic rings. The molecule has 0 fully saturated rings. The minimum atomic E-state index is 0.250. The zero-order valence-electron chi connectivity index (χ0n) is 12.0. The number of aliphatic hydroxyl groups is 1. The number of pyridine rings is 1. The molecule has 1 atom stereocenters. The van der Waals surface area contributed by atoms with Crippen LogP contribution in [0.3, 0.4) is 0 Å². The first-order chi connectivity index (χ1) is 9.74. The molecule has 108 valence electrons. The van der Waals surface area contributed by atoms with Crippen LogP contribution in [0.4, 0.5) is 11.4 Å². The molecule has 0 aliphatic heterocycles. The molecule has 0 spiro atoms. The van der Waals surface area contributed by atoms with Crippen molar-refractivity contribution in [3.05, 3.63) is 30.5 Å². The van der Waals surface area contributed by atoms with Crippen LogP contribution in [0.2, 0.25) is 0 Å². The van der Waals surface area contributed by atoms with E-state index < -0.39 is 0 Å². The molecule has 4 nitrogen and oxygen atoms in total. The van der Waals surface area contributed by atoms with Crippen LogP contribution in [-0.2, 0) is 0 Å². The van der Waals surface area contributed by atoms with E-state index in [1.165, 1.54) is 0 Å². The molecular weight excluding hydrogens is 250 g/mol. The van der Waals surface area contributed by atoms with Crippen LogP contribution in [-0.4, -0.2) is 23.2 Å². The second-order valence-corrected chi connectivity index (χ2v) is 5.18. The lowest BCUT2D eigenvalue weighted by atomic mass is 10.00. The summed E-state index contributed by atoms with van der Waals surface area (Å²) >= 11 is 0. The number of hydrogen-bond donors (Lipinski definition) is 3. The Bertz CT molecular complexity index is 550. The van der Waals surface area contributed by atoms with Crippen molar-refractivity contribution in [2.45, 2.75) is 26.2 Å². The molecule has 0 amide bonds. The normalized spacial score (nSPS) is 12.5. The second-order valence-electron chi connectivity index (χ2n) is 5.18. The van der Waals surface area contributed by atoms with Gasteiger partial charge in [-0.2, -0.15) is 0 Å². The smallest absolute Gasteiger partial charge is 0.0743 e. The van der Waals surface area contributed by atoms with E-state index in [1.54, 1.807) is 6.20 Å². The number of nitrogen functional groups attached to an aromatic ring is 1. The first kappa shape index (κ1) is 14.6. The lowest BCUT2D eigenvalue weighted by Crippen LogP contribution is -2.15. The topological polar surface area (TPSA) is 71.2 Å². The Hall–Kier alpha value is -1.81. The van der Waals surface area contributed by atoms with Gasteiger partial charge in [0.15, 0.2) is 0 Å². The first-order valence-electron chi connectivity index (χ1n) is 7.23. The zero-order chi connectivity index (χ0) is 14.4. The number of aromatic nitrogens is 1. The Labute approximate surface area is 120 Å². The Morgan fingerprint density at radius 1 is 1.30 bits per heavy atom. The van der Waals surface area contributed by atoms with E-state index in [9.17, 15) is 0 Å². The van der Waals surface area contributed by atoms with Gasteiger partial charge in [-0.05, 0) is 43.0 Å². The van der Waals surface area contributed by atoms with Gasteiger partial charge in [0, 0.05) is 36.1 Å². The largest absolute Gasteiger partial charge is 0.399 e.